The van der Waals surface area contributed by atoms with E-state index in [1.165, 1.54) is 12.8 Å². The van der Waals surface area contributed by atoms with E-state index in [-0.39, 0.29) is 35.5 Å². The Morgan fingerprint density at radius 1 is 1.37 bits per heavy atom. The van der Waals surface area contributed by atoms with Crippen molar-refractivity contribution in [1.82, 2.24) is 10.2 Å². The molecule has 1 aliphatic rings. The molecule has 0 atom stereocenters. The van der Waals surface area contributed by atoms with Crippen LogP contribution in [0.3, 0.4) is 0 Å². The van der Waals surface area contributed by atoms with Crippen LogP contribution < -0.4 is 5.32 Å². The first kappa shape index (κ1) is 18.9. The average molecular weight is 403 g/mol. The zero-order valence-corrected chi connectivity index (χ0v) is 15.2. The van der Waals surface area contributed by atoms with Crippen LogP contribution in [0.25, 0.3) is 0 Å². The number of nitrogens with zero attached hydrogens (tertiary/aromatic N) is 2. The third kappa shape index (κ3) is 6.78. The minimum atomic E-state index is -2.90. The molecule has 0 aromatic rings. The van der Waals surface area contributed by atoms with Crippen LogP contribution in [0.4, 0.5) is 0 Å². The molecule has 19 heavy (non-hydrogen) atoms. The Bertz CT molecular complexity index is 376. The van der Waals surface area contributed by atoms with Gasteiger partial charge in [-0.2, -0.15) is 0 Å². The van der Waals surface area contributed by atoms with Crippen molar-refractivity contribution in [1.29, 1.82) is 0 Å². The molecule has 7 heteroatoms. The zero-order valence-electron chi connectivity index (χ0n) is 12.1. The van der Waals surface area contributed by atoms with Gasteiger partial charge in [0.25, 0.3) is 0 Å². The van der Waals surface area contributed by atoms with Gasteiger partial charge in [0.1, 0.15) is 0 Å². The van der Waals surface area contributed by atoms with Gasteiger partial charge in [-0.3, -0.25) is 4.99 Å². The van der Waals surface area contributed by atoms with Gasteiger partial charge in [-0.1, -0.05) is 13.8 Å². The third-order valence-corrected chi connectivity index (χ3v) is 5.14. The number of rotatable bonds is 4. The van der Waals surface area contributed by atoms with Gasteiger partial charge in [0.15, 0.2) is 15.8 Å². The summed E-state index contributed by atoms with van der Waals surface area (Å²) < 4.78 is 22.8. The van der Waals surface area contributed by atoms with Gasteiger partial charge in [0, 0.05) is 32.4 Å². The van der Waals surface area contributed by atoms with Crippen molar-refractivity contribution in [3.8, 4) is 0 Å². The number of halogens is 1. The second-order valence-electron chi connectivity index (χ2n) is 4.88. The zero-order chi connectivity index (χ0) is 13.6. The number of aliphatic imine (C=N–C) groups is 1. The minimum absolute atomic E-state index is 0. The molecule has 0 amide bonds. The maximum atomic E-state index is 11.4. The van der Waals surface area contributed by atoms with Crippen molar-refractivity contribution < 1.29 is 8.42 Å². The second-order valence-corrected chi connectivity index (χ2v) is 7.35. The summed E-state index contributed by atoms with van der Waals surface area (Å²) in [5.74, 6) is 1.98. The van der Waals surface area contributed by atoms with E-state index in [9.17, 15) is 8.42 Å². The summed E-state index contributed by atoms with van der Waals surface area (Å²) in [4.78, 5) is 6.43. The van der Waals surface area contributed by atoms with Crippen LogP contribution in [0.2, 0.25) is 0 Å². The molecule has 0 bridgehead atoms. The summed E-state index contributed by atoms with van der Waals surface area (Å²) in [6.45, 7) is 6.38. The van der Waals surface area contributed by atoms with Crippen LogP contribution in [-0.2, 0) is 9.84 Å². The van der Waals surface area contributed by atoms with E-state index < -0.39 is 9.84 Å². The van der Waals surface area contributed by atoms with Gasteiger partial charge in [-0.15, -0.1) is 24.0 Å². The Morgan fingerprint density at radius 2 is 1.95 bits per heavy atom. The van der Waals surface area contributed by atoms with Crippen LogP contribution in [-0.4, -0.2) is 57.5 Å². The van der Waals surface area contributed by atoms with Crippen molar-refractivity contribution in [3.05, 3.63) is 0 Å². The minimum Gasteiger partial charge on any atom is -0.355 e. The normalized spacial score (nSPS) is 18.1. The number of guanidine groups is 1. The second kappa shape index (κ2) is 8.99. The van der Waals surface area contributed by atoms with Gasteiger partial charge in [0.2, 0.25) is 0 Å². The summed E-state index contributed by atoms with van der Waals surface area (Å²) in [5, 5.41) is 3.14. The molecule has 114 valence electrons. The molecule has 1 rings (SSSR count). The predicted molar refractivity (Wildman–Crippen MR) is 91.1 cm³/mol. The molecule has 0 spiro atoms. The third-order valence-electron chi connectivity index (χ3n) is 3.43. The number of hydrogen-bond donors (Lipinski definition) is 1. The van der Waals surface area contributed by atoms with E-state index in [1.807, 2.05) is 0 Å². The summed E-state index contributed by atoms with van der Waals surface area (Å²) >= 11 is 0. The van der Waals surface area contributed by atoms with Crippen LogP contribution in [0.15, 0.2) is 4.99 Å². The van der Waals surface area contributed by atoms with Gasteiger partial charge in [-0.25, -0.2) is 8.42 Å². The van der Waals surface area contributed by atoms with Gasteiger partial charge < -0.3 is 10.2 Å². The number of likely N-dealkylation sites (tertiary alicyclic amines) is 1. The predicted octanol–water partition coefficient (Wildman–Crippen LogP) is 1.35. The highest BCUT2D eigenvalue weighted by molar-refractivity contribution is 14.0. The SMILES string of the molecule is CCS(=O)(=O)CCNC(=NC)N1CCC(C)CC1.I. The lowest BCUT2D eigenvalue weighted by molar-refractivity contribution is 0.274. The molecule has 5 nitrogen and oxygen atoms in total. The Labute approximate surface area is 134 Å². The molecule has 0 unspecified atom stereocenters. The van der Waals surface area contributed by atoms with Crippen molar-refractivity contribution >= 4 is 39.8 Å². The molecule has 1 heterocycles. The lowest BCUT2D eigenvalue weighted by Crippen LogP contribution is -2.46. The quantitative estimate of drug-likeness (QED) is 0.437. The number of hydrogen-bond acceptors (Lipinski definition) is 3. The number of nitrogens with one attached hydrogen (secondary N) is 1. The summed E-state index contributed by atoms with van der Waals surface area (Å²) in [6, 6.07) is 0. The van der Waals surface area contributed by atoms with Gasteiger partial charge >= 0.3 is 0 Å². The molecular weight excluding hydrogens is 377 g/mol. The topological polar surface area (TPSA) is 61.8 Å². The highest BCUT2D eigenvalue weighted by Gasteiger charge is 2.18. The van der Waals surface area contributed by atoms with Crippen molar-refractivity contribution in [3.63, 3.8) is 0 Å². The molecule has 0 aliphatic carbocycles. The molecule has 1 fully saturated rings. The van der Waals surface area contributed by atoms with Crippen LogP contribution in [0, 0.1) is 5.92 Å². The Hall–Kier alpha value is -0.0500. The Morgan fingerprint density at radius 3 is 2.42 bits per heavy atom. The standard InChI is InChI=1S/C12H25N3O2S.HI/c1-4-18(16,17)10-7-14-12(13-3)15-8-5-11(2)6-9-15;/h11H,4-10H2,1-3H3,(H,13,14);1H. The summed E-state index contributed by atoms with van der Waals surface area (Å²) in [7, 11) is -1.15. The molecule has 0 aromatic carbocycles. The maximum Gasteiger partial charge on any atom is 0.193 e. The summed E-state index contributed by atoms with van der Waals surface area (Å²) in [5.41, 5.74) is 0. The van der Waals surface area contributed by atoms with Crippen molar-refractivity contribution in [2.45, 2.75) is 26.7 Å². The summed E-state index contributed by atoms with van der Waals surface area (Å²) in [6.07, 6.45) is 2.35. The first-order valence-electron chi connectivity index (χ1n) is 6.64. The smallest absolute Gasteiger partial charge is 0.193 e. The Kier molecular flexibility index (Phi) is 8.97. The van der Waals surface area contributed by atoms with Crippen LogP contribution >= 0.6 is 24.0 Å². The van der Waals surface area contributed by atoms with E-state index in [2.05, 4.69) is 22.1 Å². The number of piperidine rings is 1. The molecular formula is C12H26IN3O2S. The van der Waals surface area contributed by atoms with Crippen LogP contribution in [0.5, 0.6) is 0 Å². The van der Waals surface area contributed by atoms with E-state index in [1.54, 1.807) is 14.0 Å². The largest absolute Gasteiger partial charge is 0.355 e. The highest BCUT2D eigenvalue weighted by atomic mass is 127. The molecule has 1 aliphatic heterocycles. The molecule has 1 saturated heterocycles. The lowest BCUT2D eigenvalue weighted by atomic mass is 10.00. The van der Waals surface area contributed by atoms with Crippen molar-refractivity contribution in [2.24, 2.45) is 10.9 Å². The highest BCUT2D eigenvalue weighted by Crippen LogP contribution is 2.15. The fraction of sp³-hybridized carbons (Fsp3) is 0.917. The fourth-order valence-corrected chi connectivity index (χ4v) is 2.72. The lowest BCUT2D eigenvalue weighted by Gasteiger charge is -2.32. The first-order valence-corrected chi connectivity index (χ1v) is 8.46. The maximum absolute atomic E-state index is 11.4. The fourth-order valence-electron chi connectivity index (χ4n) is 2.02. The number of sulfone groups is 1. The molecule has 0 saturated carbocycles. The molecule has 1 N–H and O–H groups in total. The molecule has 0 radical (unpaired) electrons. The van der Waals surface area contributed by atoms with E-state index in [0.29, 0.717) is 6.54 Å². The van der Waals surface area contributed by atoms with E-state index >= 15 is 0 Å². The molecule has 0 aromatic heterocycles. The van der Waals surface area contributed by atoms with E-state index in [4.69, 9.17) is 0 Å². The Balaban J connectivity index is 0.00000324. The first-order chi connectivity index (χ1) is 8.48. The van der Waals surface area contributed by atoms with Crippen molar-refractivity contribution in [2.75, 3.05) is 38.2 Å². The van der Waals surface area contributed by atoms with Crippen LogP contribution in [0.1, 0.15) is 26.7 Å². The van der Waals surface area contributed by atoms with E-state index in [0.717, 1.165) is 25.0 Å². The average Bonchev–Trinajstić information content (AvgIpc) is 2.36. The monoisotopic (exact) mass is 403 g/mol. The van der Waals surface area contributed by atoms with Gasteiger partial charge in [0.05, 0.1) is 5.75 Å². The van der Waals surface area contributed by atoms with Gasteiger partial charge in [-0.05, 0) is 18.8 Å².